The Hall–Kier alpha value is -4.46. The fourth-order valence-electron chi connectivity index (χ4n) is 3.58. The summed E-state index contributed by atoms with van der Waals surface area (Å²) in [5.41, 5.74) is 7.33. The number of hydrogen-bond acceptors (Lipinski definition) is 5. The molecule has 0 radical (unpaired) electrons. The summed E-state index contributed by atoms with van der Waals surface area (Å²) in [6.45, 7) is 2.00. The molecule has 2 heterocycles. The van der Waals surface area contributed by atoms with Crippen molar-refractivity contribution in [2.75, 3.05) is 10.6 Å². The maximum absolute atomic E-state index is 13.5. The van der Waals surface area contributed by atoms with E-state index in [-0.39, 0.29) is 30.3 Å². The van der Waals surface area contributed by atoms with Crippen molar-refractivity contribution < 1.29 is 4.79 Å². The van der Waals surface area contributed by atoms with Crippen molar-refractivity contribution in [2.45, 2.75) is 20.0 Å². The lowest BCUT2D eigenvalue weighted by atomic mass is 10.2. The molecule has 0 aliphatic rings. The molecule has 0 fully saturated rings. The number of aromatic nitrogens is 3. The molecular formula is C25H23N5O3. The first kappa shape index (κ1) is 21.8. The third-order valence-corrected chi connectivity index (χ3v) is 5.20. The van der Waals surface area contributed by atoms with Gasteiger partial charge in [0.25, 0.3) is 11.5 Å². The summed E-state index contributed by atoms with van der Waals surface area (Å²) >= 11 is 0. The van der Waals surface area contributed by atoms with Crippen molar-refractivity contribution >= 4 is 17.4 Å². The highest BCUT2D eigenvalue weighted by molar-refractivity contribution is 6.05. The predicted molar refractivity (Wildman–Crippen MR) is 127 cm³/mol. The van der Waals surface area contributed by atoms with Crippen LogP contribution < -0.4 is 21.9 Å². The smallest absolute Gasteiger partial charge is 0.330 e. The van der Waals surface area contributed by atoms with Gasteiger partial charge in [-0.25, -0.2) is 9.78 Å². The van der Waals surface area contributed by atoms with Crippen LogP contribution in [0.25, 0.3) is 0 Å². The van der Waals surface area contributed by atoms with Gasteiger partial charge in [0.1, 0.15) is 11.5 Å². The molecule has 0 aliphatic carbocycles. The SMILES string of the molecule is Cc1cccc(C(=O)N(Cc2ccccc2)c2c(N)n(Cc3ccccc3)c(=O)[nH]c2=O)n1. The summed E-state index contributed by atoms with van der Waals surface area (Å²) < 4.78 is 1.25. The second-order valence-corrected chi connectivity index (χ2v) is 7.61. The van der Waals surface area contributed by atoms with Gasteiger partial charge in [-0.3, -0.25) is 24.0 Å². The molecular weight excluding hydrogens is 418 g/mol. The van der Waals surface area contributed by atoms with Crippen molar-refractivity contribution in [3.05, 3.63) is 122 Å². The van der Waals surface area contributed by atoms with Crippen LogP contribution in [0.5, 0.6) is 0 Å². The number of nitrogens with one attached hydrogen (secondary N) is 1. The van der Waals surface area contributed by atoms with Crippen LogP contribution in [-0.2, 0) is 13.1 Å². The Kier molecular flexibility index (Phi) is 6.17. The molecule has 4 aromatic rings. The number of anilines is 2. The van der Waals surface area contributed by atoms with E-state index in [0.717, 1.165) is 11.1 Å². The predicted octanol–water partition coefficient (Wildman–Crippen LogP) is 2.72. The van der Waals surface area contributed by atoms with Crippen LogP contribution in [0.2, 0.25) is 0 Å². The minimum Gasteiger partial charge on any atom is -0.383 e. The number of carbonyl (C=O) groups is 1. The number of rotatable bonds is 6. The third kappa shape index (κ3) is 4.74. The van der Waals surface area contributed by atoms with Crippen molar-refractivity contribution in [2.24, 2.45) is 0 Å². The van der Waals surface area contributed by atoms with Gasteiger partial charge < -0.3 is 5.73 Å². The molecule has 0 aliphatic heterocycles. The molecule has 8 heteroatoms. The lowest BCUT2D eigenvalue weighted by Gasteiger charge is -2.24. The second kappa shape index (κ2) is 9.35. The number of nitrogens with two attached hydrogens (primary N) is 1. The summed E-state index contributed by atoms with van der Waals surface area (Å²) in [5.74, 6) is -0.589. The Balaban J connectivity index is 1.85. The quantitative estimate of drug-likeness (QED) is 0.478. The highest BCUT2D eigenvalue weighted by atomic mass is 16.2. The first-order valence-electron chi connectivity index (χ1n) is 10.4. The van der Waals surface area contributed by atoms with Crippen LogP contribution in [0.15, 0.2) is 88.5 Å². The summed E-state index contributed by atoms with van der Waals surface area (Å²) in [6.07, 6.45) is 0. The molecule has 0 unspecified atom stereocenters. The van der Waals surface area contributed by atoms with Gasteiger partial charge in [0.05, 0.1) is 13.1 Å². The topological polar surface area (TPSA) is 114 Å². The van der Waals surface area contributed by atoms with Gasteiger partial charge in [-0.05, 0) is 30.2 Å². The van der Waals surface area contributed by atoms with E-state index in [1.807, 2.05) is 60.7 Å². The molecule has 166 valence electrons. The summed E-state index contributed by atoms with van der Waals surface area (Å²) in [7, 11) is 0. The van der Waals surface area contributed by atoms with E-state index >= 15 is 0 Å². The van der Waals surface area contributed by atoms with Crippen LogP contribution >= 0.6 is 0 Å². The van der Waals surface area contributed by atoms with Crippen LogP contribution in [0.4, 0.5) is 11.5 Å². The highest BCUT2D eigenvalue weighted by Crippen LogP contribution is 2.22. The molecule has 1 amide bonds. The first-order valence-corrected chi connectivity index (χ1v) is 10.4. The van der Waals surface area contributed by atoms with Crippen molar-refractivity contribution in [1.82, 2.24) is 14.5 Å². The molecule has 33 heavy (non-hydrogen) atoms. The van der Waals surface area contributed by atoms with E-state index in [4.69, 9.17) is 5.73 Å². The standard InChI is InChI=1S/C25H23N5O3/c1-17-9-8-14-20(27-17)24(32)29(15-18-10-4-2-5-11-18)21-22(26)30(25(33)28-23(21)31)16-19-12-6-3-7-13-19/h2-14H,15-16,26H2,1H3,(H,28,31,33). The zero-order chi connectivity index (χ0) is 23.4. The fourth-order valence-corrected chi connectivity index (χ4v) is 3.58. The van der Waals surface area contributed by atoms with Gasteiger partial charge in [0.15, 0.2) is 5.69 Å². The van der Waals surface area contributed by atoms with E-state index in [1.165, 1.54) is 9.47 Å². The van der Waals surface area contributed by atoms with Gasteiger partial charge in [0, 0.05) is 5.69 Å². The average Bonchev–Trinajstić information content (AvgIpc) is 2.82. The largest absolute Gasteiger partial charge is 0.383 e. The summed E-state index contributed by atoms with van der Waals surface area (Å²) in [5, 5.41) is 0. The molecule has 0 saturated carbocycles. The molecule has 8 nitrogen and oxygen atoms in total. The average molecular weight is 441 g/mol. The second-order valence-electron chi connectivity index (χ2n) is 7.61. The number of aromatic amines is 1. The number of nitrogen functional groups attached to an aromatic ring is 1. The maximum atomic E-state index is 13.5. The Morgan fingerprint density at radius 3 is 2.21 bits per heavy atom. The Labute approximate surface area is 190 Å². The van der Waals surface area contributed by atoms with Crippen molar-refractivity contribution in [1.29, 1.82) is 0 Å². The van der Waals surface area contributed by atoms with E-state index in [0.29, 0.717) is 5.69 Å². The van der Waals surface area contributed by atoms with E-state index < -0.39 is 17.2 Å². The van der Waals surface area contributed by atoms with E-state index in [9.17, 15) is 14.4 Å². The monoisotopic (exact) mass is 441 g/mol. The van der Waals surface area contributed by atoms with Crippen molar-refractivity contribution in [3.8, 4) is 0 Å². The molecule has 0 saturated heterocycles. The summed E-state index contributed by atoms with van der Waals surface area (Å²) in [6, 6.07) is 23.6. The molecule has 0 bridgehead atoms. The first-order chi connectivity index (χ1) is 15.9. The Morgan fingerprint density at radius 2 is 1.58 bits per heavy atom. The number of benzene rings is 2. The van der Waals surface area contributed by atoms with Gasteiger partial charge in [-0.1, -0.05) is 66.7 Å². The van der Waals surface area contributed by atoms with Gasteiger partial charge >= 0.3 is 5.69 Å². The third-order valence-electron chi connectivity index (χ3n) is 5.20. The van der Waals surface area contributed by atoms with Gasteiger partial charge in [-0.15, -0.1) is 0 Å². The minimum absolute atomic E-state index is 0.0755. The van der Waals surface area contributed by atoms with E-state index in [1.54, 1.807) is 25.1 Å². The number of amides is 1. The lowest BCUT2D eigenvalue weighted by molar-refractivity contribution is 0.0979. The molecule has 3 N–H and O–H groups in total. The van der Waals surface area contributed by atoms with Gasteiger partial charge in [0.2, 0.25) is 0 Å². The highest BCUT2D eigenvalue weighted by Gasteiger charge is 2.26. The summed E-state index contributed by atoms with van der Waals surface area (Å²) in [4.78, 5) is 47.0. The molecule has 2 aromatic carbocycles. The van der Waals surface area contributed by atoms with E-state index in [2.05, 4.69) is 9.97 Å². The van der Waals surface area contributed by atoms with Crippen LogP contribution in [0.3, 0.4) is 0 Å². The zero-order valence-electron chi connectivity index (χ0n) is 18.1. The normalized spacial score (nSPS) is 10.7. The number of carbonyl (C=O) groups excluding carboxylic acids is 1. The van der Waals surface area contributed by atoms with Gasteiger partial charge in [-0.2, -0.15) is 0 Å². The number of pyridine rings is 1. The van der Waals surface area contributed by atoms with Crippen LogP contribution in [0, 0.1) is 6.92 Å². The Morgan fingerprint density at radius 1 is 0.939 bits per heavy atom. The molecule has 0 spiro atoms. The van der Waals surface area contributed by atoms with Crippen LogP contribution in [0.1, 0.15) is 27.3 Å². The number of aryl methyl sites for hydroxylation is 1. The molecule has 2 aromatic heterocycles. The molecule has 4 rings (SSSR count). The number of nitrogens with zero attached hydrogens (tertiary/aromatic N) is 3. The van der Waals surface area contributed by atoms with Crippen molar-refractivity contribution in [3.63, 3.8) is 0 Å². The Bertz CT molecular complexity index is 1400. The molecule has 0 atom stereocenters. The van der Waals surface area contributed by atoms with Crippen LogP contribution in [-0.4, -0.2) is 20.4 Å². The minimum atomic E-state index is -0.737. The zero-order valence-corrected chi connectivity index (χ0v) is 18.1. The number of H-pyrrole nitrogens is 1. The fraction of sp³-hybridized carbons (Fsp3) is 0.120. The lowest BCUT2D eigenvalue weighted by Crippen LogP contribution is -2.41. The maximum Gasteiger partial charge on any atom is 0.330 e. The number of hydrogen-bond donors (Lipinski definition) is 2.